The van der Waals surface area contributed by atoms with Crippen molar-refractivity contribution in [2.24, 2.45) is 7.05 Å². The molecule has 0 amide bonds. The van der Waals surface area contributed by atoms with Crippen molar-refractivity contribution in [3.05, 3.63) is 24.0 Å². The van der Waals surface area contributed by atoms with Crippen LogP contribution < -0.4 is 4.74 Å². The zero-order valence-electron chi connectivity index (χ0n) is 8.02. The number of fused-ring (bicyclic) bond motifs is 1. The van der Waals surface area contributed by atoms with Crippen molar-refractivity contribution in [1.82, 2.24) is 9.55 Å². The number of methoxy groups -OCH3 is 1. The van der Waals surface area contributed by atoms with Gasteiger partial charge in [-0.2, -0.15) is 0 Å². The fraction of sp³-hybridized carbons (Fsp3) is 0.200. The summed E-state index contributed by atoms with van der Waals surface area (Å²) in [5.41, 5.74) is 1.58. The first-order chi connectivity index (χ1) is 6.76. The van der Waals surface area contributed by atoms with Crippen LogP contribution >= 0.6 is 0 Å². The Balaban J connectivity index is 2.77. The summed E-state index contributed by atoms with van der Waals surface area (Å²) in [6.45, 7) is 0. The average molecular weight is 190 g/mol. The number of hydrogen-bond donors (Lipinski definition) is 0. The third-order valence-electron chi connectivity index (χ3n) is 2.22. The van der Waals surface area contributed by atoms with E-state index in [1.54, 1.807) is 25.6 Å². The SMILES string of the molecule is COc1cc2c(C=O)cn(C)c2cn1. The zero-order valence-corrected chi connectivity index (χ0v) is 8.02. The topological polar surface area (TPSA) is 44.1 Å². The standard InChI is InChI=1S/C10H10N2O2/c1-12-5-7(6-13)8-3-10(14-2)11-4-9(8)12/h3-6H,1-2H3. The largest absolute Gasteiger partial charge is 0.481 e. The van der Waals surface area contributed by atoms with Crippen molar-refractivity contribution < 1.29 is 9.53 Å². The van der Waals surface area contributed by atoms with E-state index in [-0.39, 0.29) is 0 Å². The predicted molar refractivity (Wildman–Crippen MR) is 52.7 cm³/mol. The molecule has 2 rings (SSSR count). The molecular formula is C10H10N2O2. The van der Waals surface area contributed by atoms with Gasteiger partial charge in [-0.05, 0) is 0 Å². The lowest BCUT2D eigenvalue weighted by atomic mass is 10.2. The number of aldehydes is 1. The lowest BCUT2D eigenvalue weighted by molar-refractivity contribution is 0.112. The van der Waals surface area contributed by atoms with Crippen LogP contribution in [0.5, 0.6) is 5.88 Å². The van der Waals surface area contributed by atoms with Gasteiger partial charge in [0.15, 0.2) is 6.29 Å². The fourth-order valence-corrected chi connectivity index (χ4v) is 1.49. The van der Waals surface area contributed by atoms with Crippen LogP contribution in [-0.4, -0.2) is 22.9 Å². The minimum atomic E-state index is 0.520. The van der Waals surface area contributed by atoms with Crippen LogP contribution in [0.2, 0.25) is 0 Å². The van der Waals surface area contributed by atoms with Gasteiger partial charge in [-0.1, -0.05) is 0 Å². The number of ether oxygens (including phenoxy) is 1. The summed E-state index contributed by atoms with van der Waals surface area (Å²) in [4.78, 5) is 14.8. The molecule has 2 heterocycles. The van der Waals surface area contributed by atoms with Gasteiger partial charge in [0, 0.05) is 30.3 Å². The normalized spacial score (nSPS) is 10.4. The van der Waals surface area contributed by atoms with Crippen LogP contribution in [0, 0.1) is 0 Å². The molecule has 0 N–H and O–H groups in total. The second-order valence-electron chi connectivity index (χ2n) is 3.06. The Morgan fingerprint density at radius 1 is 1.57 bits per heavy atom. The molecule has 2 aromatic rings. The highest BCUT2D eigenvalue weighted by Crippen LogP contribution is 2.21. The van der Waals surface area contributed by atoms with Crippen LogP contribution in [0.3, 0.4) is 0 Å². The van der Waals surface area contributed by atoms with Gasteiger partial charge in [0.2, 0.25) is 5.88 Å². The van der Waals surface area contributed by atoms with Gasteiger partial charge in [-0.15, -0.1) is 0 Å². The molecule has 0 atom stereocenters. The molecule has 0 fully saturated rings. The van der Waals surface area contributed by atoms with E-state index in [2.05, 4.69) is 4.98 Å². The third kappa shape index (κ3) is 1.16. The van der Waals surface area contributed by atoms with E-state index in [0.717, 1.165) is 17.2 Å². The maximum Gasteiger partial charge on any atom is 0.213 e. The van der Waals surface area contributed by atoms with Gasteiger partial charge in [-0.25, -0.2) is 4.98 Å². The first-order valence-electron chi connectivity index (χ1n) is 4.20. The van der Waals surface area contributed by atoms with Crippen LogP contribution in [0.25, 0.3) is 10.9 Å². The summed E-state index contributed by atoms with van der Waals surface area (Å²) in [7, 11) is 3.43. The molecule has 0 aliphatic carbocycles. The molecule has 0 saturated carbocycles. The molecule has 0 radical (unpaired) electrons. The van der Waals surface area contributed by atoms with Crippen LogP contribution in [0.1, 0.15) is 10.4 Å². The van der Waals surface area contributed by atoms with Crippen LogP contribution in [-0.2, 0) is 7.05 Å². The van der Waals surface area contributed by atoms with Gasteiger partial charge in [0.1, 0.15) is 0 Å². The van der Waals surface area contributed by atoms with Gasteiger partial charge in [0.25, 0.3) is 0 Å². The molecular weight excluding hydrogens is 180 g/mol. The van der Waals surface area contributed by atoms with E-state index >= 15 is 0 Å². The first kappa shape index (κ1) is 8.74. The highest BCUT2D eigenvalue weighted by Gasteiger charge is 2.07. The van der Waals surface area contributed by atoms with E-state index in [0.29, 0.717) is 11.4 Å². The predicted octanol–water partition coefficient (Wildman–Crippen LogP) is 1.39. The summed E-state index contributed by atoms with van der Waals surface area (Å²) in [6, 6.07) is 1.76. The number of hydrogen-bond acceptors (Lipinski definition) is 3. The van der Waals surface area contributed by atoms with E-state index in [4.69, 9.17) is 4.74 Å². The minimum Gasteiger partial charge on any atom is -0.481 e. The maximum atomic E-state index is 10.8. The van der Waals surface area contributed by atoms with E-state index in [9.17, 15) is 4.79 Å². The molecule has 0 aliphatic heterocycles. The van der Waals surface area contributed by atoms with Crippen LogP contribution in [0.4, 0.5) is 0 Å². The van der Waals surface area contributed by atoms with Crippen molar-refractivity contribution in [1.29, 1.82) is 0 Å². The Bertz CT molecular complexity index is 488. The number of aryl methyl sites for hydroxylation is 1. The first-order valence-corrected chi connectivity index (χ1v) is 4.20. The summed E-state index contributed by atoms with van der Waals surface area (Å²) in [5, 5.41) is 0.870. The number of pyridine rings is 1. The van der Waals surface area contributed by atoms with Crippen LogP contribution in [0.15, 0.2) is 18.5 Å². The maximum absolute atomic E-state index is 10.8. The lowest BCUT2D eigenvalue weighted by Gasteiger charge is -1.99. The Morgan fingerprint density at radius 2 is 2.36 bits per heavy atom. The summed E-state index contributed by atoms with van der Waals surface area (Å²) < 4.78 is 6.86. The average Bonchev–Trinajstić information content (AvgIpc) is 2.55. The Morgan fingerprint density at radius 3 is 3.00 bits per heavy atom. The highest BCUT2D eigenvalue weighted by molar-refractivity contribution is 5.97. The molecule has 0 aliphatic rings. The fourth-order valence-electron chi connectivity index (χ4n) is 1.49. The third-order valence-corrected chi connectivity index (χ3v) is 2.22. The van der Waals surface area contributed by atoms with Gasteiger partial charge in [0.05, 0.1) is 18.8 Å². The monoisotopic (exact) mass is 190 g/mol. The Hall–Kier alpha value is -1.84. The van der Waals surface area contributed by atoms with Crippen molar-refractivity contribution in [3.8, 4) is 5.88 Å². The number of carbonyl (C=O) groups is 1. The molecule has 72 valence electrons. The minimum absolute atomic E-state index is 0.520. The second-order valence-corrected chi connectivity index (χ2v) is 3.06. The lowest BCUT2D eigenvalue weighted by Crippen LogP contribution is -1.88. The Kier molecular flexibility index (Phi) is 1.96. The second kappa shape index (κ2) is 3.14. The van der Waals surface area contributed by atoms with Gasteiger partial charge >= 0.3 is 0 Å². The van der Waals surface area contributed by atoms with E-state index in [1.165, 1.54) is 0 Å². The quantitative estimate of drug-likeness (QED) is 0.672. The summed E-state index contributed by atoms with van der Waals surface area (Å²) in [5.74, 6) is 0.520. The van der Waals surface area contributed by atoms with E-state index in [1.807, 2.05) is 11.6 Å². The molecule has 0 aromatic carbocycles. The molecule has 14 heavy (non-hydrogen) atoms. The zero-order chi connectivity index (χ0) is 10.1. The molecule has 4 nitrogen and oxygen atoms in total. The number of carbonyl (C=O) groups excluding carboxylic acids is 1. The molecule has 0 saturated heterocycles. The van der Waals surface area contributed by atoms with Crippen molar-refractivity contribution >= 4 is 17.2 Å². The summed E-state index contributed by atoms with van der Waals surface area (Å²) >= 11 is 0. The number of nitrogens with zero attached hydrogens (tertiary/aromatic N) is 2. The number of rotatable bonds is 2. The Labute approximate surface area is 81.1 Å². The van der Waals surface area contributed by atoms with E-state index < -0.39 is 0 Å². The molecule has 0 unspecified atom stereocenters. The van der Waals surface area contributed by atoms with Crippen molar-refractivity contribution in [2.75, 3.05) is 7.11 Å². The highest BCUT2D eigenvalue weighted by atomic mass is 16.5. The molecule has 2 aromatic heterocycles. The number of aromatic nitrogens is 2. The van der Waals surface area contributed by atoms with Crippen molar-refractivity contribution in [2.45, 2.75) is 0 Å². The summed E-state index contributed by atoms with van der Waals surface area (Å²) in [6.07, 6.45) is 4.31. The molecule has 4 heteroatoms. The molecule has 0 spiro atoms. The van der Waals surface area contributed by atoms with Gasteiger partial charge < -0.3 is 9.30 Å². The molecule has 0 bridgehead atoms. The smallest absolute Gasteiger partial charge is 0.213 e. The van der Waals surface area contributed by atoms with Gasteiger partial charge in [-0.3, -0.25) is 4.79 Å². The van der Waals surface area contributed by atoms with Crippen molar-refractivity contribution in [3.63, 3.8) is 0 Å².